The molecule has 3 rings (SSSR count). The Labute approximate surface area is 182 Å². The maximum Gasteiger partial charge on any atom is 0.349 e. The number of carbonyl (C=O) groups excluding carboxylic acids is 3. The molecule has 0 atom stereocenters. The minimum atomic E-state index is -0.802. The van der Waals surface area contributed by atoms with Gasteiger partial charge >= 0.3 is 11.6 Å². The molecule has 31 heavy (non-hydrogen) atoms. The van der Waals surface area contributed by atoms with Crippen LogP contribution in [0.15, 0.2) is 39.5 Å². The largest absolute Gasteiger partial charge is 0.465 e. The van der Waals surface area contributed by atoms with Crippen molar-refractivity contribution >= 4 is 45.1 Å². The van der Waals surface area contributed by atoms with E-state index in [1.165, 1.54) is 13.2 Å². The summed E-state index contributed by atoms with van der Waals surface area (Å²) >= 11 is 0.973. The highest BCUT2D eigenvalue weighted by Gasteiger charge is 2.28. The third kappa shape index (κ3) is 4.22. The highest BCUT2D eigenvalue weighted by atomic mass is 32.1. The summed E-state index contributed by atoms with van der Waals surface area (Å²) in [6.07, 6.45) is 0. The number of thiophene rings is 1. The van der Waals surface area contributed by atoms with Crippen molar-refractivity contribution in [2.45, 2.75) is 20.8 Å². The molecule has 0 aliphatic heterocycles. The summed E-state index contributed by atoms with van der Waals surface area (Å²) in [6, 6.07) is 8.24. The molecule has 1 aromatic carbocycles. The highest BCUT2D eigenvalue weighted by Crippen LogP contribution is 2.35. The molecule has 9 heteroatoms. The van der Waals surface area contributed by atoms with Crippen LogP contribution in [0.3, 0.4) is 0 Å². The summed E-state index contributed by atoms with van der Waals surface area (Å²) < 4.78 is 10.1. The van der Waals surface area contributed by atoms with Crippen LogP contribution >= 0.6 is 11.3 Å². The standard InChI is InChI=1S/C22H22N2O6S/c1-5-24(6-2)20(26)17-12(3)16(22(28)29-4)19(31-17)23-18(25)14-11-13-9-7-8-10-15(13)30-21(14)27/h7-11H,5-6H2,1-4H3,(H,23,25). The molecule has 0 fully saturated rings. The van der Waals surface area contributed by atoms with Gasteiger partial charge in [-0.2, -0.15) is 0 Å². The molecule has 2 aromatic heterocycles. The number of methoxy groups -OCH3 is 1. The first-order valence-electron chi connectivity index (χ1n) is 9.67. The lowest BCUT2D eigenvalue weighted by molar-refractivity contribution is 0.0601. The fraction of sp³-hybridized carbons (Fsp3) is 0.273. The van der Waals surface area contributed by atoms with Crippen molar-refractivity contribution < 1.29 is 23.5 Å². The second-order valence-corrected chi connectivity index (χ2v) is 7.69. The van der Waals surface area contributed by atoms with Crippen LogP contribution in [0.4, 0.5) is 5.00 Å². The fourth-order valence-electron chi connectivity index (χ4n) is 3.20. The van der Waals surface area contributed by atoms with Gasteiger partial charge in [0.2, 0.25) is 0 Å². The van der Waals surface area contributed by atoms with Gasteiger partial charge in [-0.25, -0.2) is 9.59 Å². The average molecular weight is 442 g/mol. The molecule has 162 valence electrons. The molecular weight excluding hydrogens is 420 g/mol. The summed E-state index contributed by atoms with van der Waals surface area (Å²) in [5, 5.41) is 3.31. The van der Waals surface area contributed by atoms with Crippen LogP contribution in [0.25, 0.3) is 11.0 Å². The van der Waals surface area contributed by atoms with Gasteiger partial charge in [-0.05, 0) is 38.5 Å². The Morgan fingerprint density at radius 1 is 1.16 bits per heavy atom. The van der Waals surface area contributed by atoms with E-state index in [1.807, 2.05) is 13.8 Å². The van der Waals surface area contributed by atoms with E-state index in [-0.39, 0.29) is 22.0 Å². The lowest BCUT2D eigenvalue weighted by atomic mass is 10.1. The number of para-hydroxylation sites is 1. The molecule has 2 amide bonds. The van der Waals surface area contributed by atoms with Crippen molar-refractivity contribution in [3.8, 4) is 0 Å². The van der Waals surface area contributed by atoms with Crippen molar-refractivity contribution in [3.05, 3.63) is 62.3 Å². The van der Waals surface area contributed by atoms with E-state index in [9.17, 15) is 19.2 Å². The molecular formula is C22H22N2O6S. The van der Waals surface area contributed by atoms with E-state index in [0.29, 0.717) is 34.5 Å². The number of benzene rings is 1. The lowest BCUT2D eigenvalue weighted by Crippen LogP contribution is -2.30. The zero-order valence-electron chi connectivity index (χ0n) is 17.6. The van der Waals surface area contributed by atoms with Crippen molar-refractivity contribution in [1.29, 1.82) is 0 Å². The molecule has 3 aromatic rings. The summed E-state index contributed by atoms with van der Waals surface area (Å²) in [7, 11) is 1.22. The Morgan fingerprint density at radius 2 is 1.84 bits per heavy atom. The monoisotopic (exact) mass is 442 g/mol. The second-order valence-electron chi connectivity index (χ2n) is 6.67. The predicted octanol–water partition coefficient (Wildman–Crippen LogP) is 3.68. The van der Waals surface area contributed by atoms with Crippen LogP contribution in [-0.4, -0.2) is 42.9 Å². The van der Waals surface area contributed by atoms with E-state index in [0.717, 1.165) is 11.3 Å². The summed E-state index contributed by atoms with van der Waals surface area (Å²) in [5.41, 5.74) is -0.157. The number of rotatable bonds is 6. The number of nitrogens with zero attached hydrogens (tertiary/aromatic N) is 1. The van der Waals surface area contributed by atoms with E-state index in [1.54, 1.807) is 36.1 Å². The third-order valence-electron chi connectivity index (χ3n) is 4.89. The molecule has 0 saturated carbocycles. The molecule has 0 aliphatic rings. The van der Waals surface area contributed by atoms with Crippen molar-refractivity contribution in [2.24, 2.45) is 0 Å². The van der Waals surface area contributed by atoms with Gasteiger partial charge in [0.05, 0.1) is 17.6 Å². The minimum absolute atomic E-state index is 0.0848. The summed E-state index contributed by atoms with van der Waals surface area (Å²) in [6.45, 7) is 6.33. The van der Waals surface area contributed by atoms with Gasteiger partial charge in [0, 0.05) is 18.5 Å². The van der Waals surface area contributed by atoms with Crippen LogP contribution in [0.1, 0.15) is 49.8 Å². The third-order valence-corrected chi connectivity index (χ3v) is 6.09. The van der Waals surface area contributed by atoms with E-state index in [2.05, 4.69) is 5.32 Å². The van der Waals surface area contributed by atoms with Crippen LogP contribution in [0.5, 0.6) is 0 Å². The summed E-state index contributed by atoms with van der Waals surface area (Å²) in [4.78, 5) is 52.4. The average Bonchev–Trinajstić information content (AvgIpc) is 3.08. The SMILES string of the molecule is CCN(CC)C(=O)c1sc(NC(=O)c2cc3ccccc3oc2=O)c(C(=O)OC)c1C. The molecule has 0 aliphatic carbocycles. The normalized spacial score (nSPS) is 10.7. The Kier molecular flexibility index (Phi) is 6.55. The van der Waals surface area contributed by atoms with E-state index in [4.69, 9.17) is 9.15 Å². The molecule has 0 unspecified atom stereocenters. The Hall–Kier alpha value is -3.46. The van der Waals surface area contributed by atoms with Crippen LogP contribution < -0.4 is 10.9 Å². The van der Waals surface area contributed by atoms with Crippen LogP contribution in [-0.2, 0) is 4.74 Å². The number of carbonyl (C=O) groups is 3. The van der Waals surface area contributed by atoms with Gasteiger partial charge in [-0.3, -0.25) is 9.59 Å². The summed E-state index contributed by atoms with van der Waals surface area (Å²) in [5.74, 6) is -1.68. The number of hydrogen-bond acceptors (Lipinski definition) is 7. The topological polar surface area (TPSA) is 106 Å². The number of hydrogen-bond donors (Lipinski definition) is 1. The molecule has 0 spiro atoms. The predicted molar refractivity (Wildman–Crippen MR) is 118 cm³/mol. The lowest BCUT2D eigenvalue weighted by Gasteiger charge is -2.17. The Balaban J connectivity index is 2.04. The number of fused-ring (bicyclic) bond motifs is 1. The first kappa shape index (κ1) is 22.2. The van der Waals surface area contributed by atoms with Crippen molar-refractivity contribution in [3.63, 3.8) is 0 Å². The highest BCUT2D eigenvalue weighted by molar-refractivity contribution is 7.18. The maximum atomic E-state index is 12.9. The Bertz CT molecular complexity index is 1220. The number of ether oxygens (including phenoxy) is 1. The molecule has 8 nitrogen and oxygen atoms in total. The van der Waals surface area contributed by atoms with Crippen LogP contribution in [0, 0.1) is 6.92 Å². The molecule has 1 N–H and O–H groups in total. The van der Waals surface area contributed by atoms with Gasteiger partial charge in [0.1, 0.15) is 16.1 Å². The molecule has 0 bridgehead atoms. The number of esters is 1. The van der Waals surface area contributed by atoms with Crippen molar-refractivity contribution in [2.75, 3.05) is 25.5 Å². The van der Waals surface area contributed by atoms with E-state index >= 15 is 0 Å². The van der Waals surface area contributed by atoms with E-state index < -0.39 is 17.5 Å². The minimum Gasteiger partial charge on any atom is -0.465 e. The molecule has 2 heterocycles. The zero-order chi connectivity index (χ0) is 22.7. The molecule has 0 saturated heterocycles. The fourth-order valence-corrected chi connectivity index (χ4v) is 4.36. The van der Waals surface area contributed by atoms with Gasteiger partial charge in [0.25, 0.3) is 11.8 Å². The van der Waals surface area contributed by atoms with Gasteiger partial charge in [0.15, 0.2) is 0 Å². The number of nitrogens with one attached hydrogen (secondary N) is 1. The van der Waals surface area contributed by atoms with Gasteiger partial charge < -0.3 is 19.4 Å². The first-order chi connectivity index (χ1) is 14.8. The second kappa shape index (κ2) is 9.13. The number of anilines is 1. The van der Waals surface area contributed by atoms with Crippen molar-refractivity contribution in [1.82, 2.24) is 4.90 Å². The maximum absolute atomic E-state index is 12.9. The first-order valence-corrected chi connectivity index (χ1v) is 10.5. The quantitative estimate of drug-likeness (QED) is 0.461. The Morgan fingerprint density at radius 3 is 2.48 bits per heavy atom. The van der Waals surface area contributed by atoms with Crippen LogP contribution in [0.2, 0.25) is 0 Å². The van der Waals surface area contributed by atoms with Gasteiger partial charge in [-0.1, -0.05) is 18.2 Å². The van der Waals surface area contributed by atoms with Gasteiger partial charge in [-0.15, -0.1) is 11.3 Å². The molecule has 0 radical (unpaired) electrons. The number of amides is 2. The zero-order valence-corrected chi connectivity index (χ0v) is 18.4. The smallest absolute Gasteiger partial charge is 0.349 e.